The first-order chi connectivity index (χ1) is 15.1. The van der Waals surface area contributed by atoms with E-state index in [4.69, 9.17) is 0 Å². The minimum Gasteiger partial charge on any atom is -0.390 e. The van der Waals surface area contributed by atoms with Gasteiger partial charge >= 0.3 is 0 Å². The molecule has 1 aromatic carbocycles. The number of amides is 1. The van der Waals surface area contributed by atoms with Crippen LogP contribution in [-0.2, 0) is 4.79 Å². The maximum atomic E-state index is 11.9. The van der Waals surface area contributed by atoms with Gasteiger partial charge in [0.05, 0.1) is 12.8 Å². The van der Waals surface area contributed by atoms with Crippen molar-refractivity contribution in [2.45, 2.75) is 24.7 Å². The average molecular weight is 439 g/mol. The number of quaternary nitrogens is 1. The first kappa shape index (κ1) is 19.9. The molecule has 5 N–H and O–H groups in total. The molecule has 31 heavy (non-hydrogen) atoms. The third-order valence-electron chi connectivity index (χ3n) is 5.19. The van der Waals surface area contributed by atoms with Crippen molar-refractivity contribution < 1.29 is 14.8 Å². The van der Waals surface area contributed by atoms with Gasteiger partial charge in [0.1, 0.15) is 18.4 Å². The van der Waals surface area contributed by atoms with Gasteiger partial charge in [-0.2, -0.15) is 10.1 Å². The van der Waals surface area contributed by atoms with Gasteiger partial charge < -0.3 is 10.4 Å². The highest BCUT2D eigenvalue weighted by Crippen LogP contribution is 2.31. The number of rotatable bonds is 7. The van der Waals surface area contributed by atoms with Gasteiger partial charge in [0.2, 0.25) is 17.6 Å². The van der Waals surface area contributed by atoms with Crippen LogP contribution in [-0.4, -0.2) is 44.5 Å². The molecule has 1 aliphatic carbocycles. The summed E-state index contributed by atoms with van der Waals surface area (Å²) >= 11 is 1.58. The van der Waals surface area contributed by atoms with E-state index in [-0.39, 0.29) is 18.4 Å². The van der Waals surface area contributed by atoms with E-state index >= 15 is 0 Å². The molecular weight excluding hydrogens is 414 g/mol. The lowest BCUT2D eigenvalue weighted by atomic mass is 10.3. The number of fused-ring (bicyclic) bond motifs is 1. The van der Waals surface area contributed by atoms with Crippen LogP contribution in [0.4, 0.5) is 11.5 Å². The molecule has 0 spiro atoms. The van der Waals surface area contributed by atoms with Crippen LogP contribution in [0.3, 0.4) is 0 Å². The number of aliphatic imine (C=N–C) groups is 1. The van der Waals surface area contributed by atoms with Crippen molar-refractivity contribution in [2.75, 3.05) is 23.8 Å². The summed E-state index contributed by atoms with van der Waals surface area (Å²) in [5.74, 6) is 2.80. The Bertz CT molecular complexity index is 1090. The molecule has 0 saturated heterocycles. The van der Waals surface area contributed by atoms with Crippen LogP contribution in [0.25, 0.3) is 0 Å². The maximum Gasteiger partial charge on any atom is 0.233 e. The summed E-state index contributed by atoms with van der Waals surface area (Å²) in [5, 5.41) is 23.0. The van der Waals surface area contributed by atoms with Gasteiger partial charge in [0.15, 0.2) is 5.82 Å². The first-order valence-electron chi connectivity index (χ1n) is 10.2. The first-order valence-corrected chi connectivity index (χ1v) is 11.0. The molecule has 1 fully saturated rings. The van der Waals surface area contributed by atoms with Crippen molar-refractivity contribution in [3.63, 3.8) is 0 Å². The molecule has 1 unspecified atom stereocenters. The monoisotopic (exact) mass is 438 g/mol. The van der Waals surface area contributed by atoms with E-state index < -0.39 is 0 Å². The lowest BCUT2D eigenvalue weighted by molar-refractivity contribution is -0.700. The number of carbonyl (C=O) groups excluding carboxylic acids is 1. The number of aliphatic hydroxyl groups excluding tert-OH is 1. The van der Waals surface area contributed by atoms with E-state index in [1.165, 1.54) is 0 Å². The van der Waals surface area contributed by atoms with E-state index in [1.807, 2.05) is 49.7 Å². The number of anilines is 2. The van der Waals surface area contributed by atoms with Crippen molar-refractivity contribution in [3.05, 3.63) is 59.9 Å². The number of H-pyrrole nitrogens is 1. The summed E-state index contributed by atoms with van der Waals surface area (Å²) in [6.45, 7) is 2.47. The molecule has 0 radical (unpaired) electrons. The second-order valence-corrected chi connectivity index (χ2v) is 8.95. The van der Waals surface area contributed by atoms with Gasteiger partial charge in [-0.15, -0.1) is 0 Å². The number of nitrogens with zero attached hydrogens (tertiary/aromatic N) is 3. The molecule has 1 amide bonds. The fourth-order valence-electron chi connectivity index (χ4n) is 3.46. The average Bonchev–Trinajstić information content (AvgIpc) is 3.41. The Morgan fingerprint density at radius 3 is 2.84 bits per heavy atom. The van der Waals surface area contributed by atoms with Crippen LogP contribution >= 0.6 is 11.9 Å². The lowest BCUT2D eigenvalue weighted by Crippen LogP contribution is -3.10. The van der Waals surface area contributed by atoms with Gasteiger partial charge in [-0.1, -0.05) is 0 Å². The summed E-state index contributed by atoms with van der Waals surface area (Å²) in [6.07, 6.45) is 5.92. The third kappa shape index (κ3) is 4.50. The minimum atomic E-state index is -0.0943. The summed E-state index contributed by atoms with van der Waals surface area (Å²) < 4.78 is 2.09. The molecule has 5 rings (SSSR count). The number of aliphatic hydroxyl groups is 1. The van der Waals surface area contributed by atoms with E-state index in [2.05, 4.69) is 30.1 Å². The molecule has 1 saturated carbocycles. The van der Waals surface area contributed by atoms with E-state index in [0.717, 1.165) is 51.5 Å². The highest BCUT2D eigenvalue weighted by Gasteiger charge is 2.34. The van der Waals surface area contributed by atoms with Gasteiger partial charge in [-0.25, -0.2) is 4.90 Å². The quantitative estimate of drug-likeness (QED) is 0.419. The largest absolute Gasteiger partial charge is 0.390 e. The Hall–Kier alpha value is -3.08. The summed E-state index contributed by atoms with van der Waals surface area (Å²) in [5.41, 5.74) is 2.44. The van der Waals surface area contributed by atoms with Crippen molar-refractivity contribution in [2.24, 2.45) is 10.9 Å². The minimum absolute atomic E-state index is 0.0943. The number of hydrogen-bond acceptors (Lipinski definition) is 7. The highest BCUT2D eigenvalue weighted by atomic mass is 32.2. The second-order valence-electron chi connectivity index (χ2n) is 7.82. The van der Waals surface area contributed by atoms with Gasteiger partial charge in [0.25, 0.3) is 0 Å². The summed E-state index contributed by atoms with van der Waals surface area (Å²) in [7, 11) is 0. The molecule has 3 heterocycles. The highest BCUT2D eigenvalue weighted by molar-refractivity contribution is 7.97. The molecule has 9 nitrogen and oxygen atoms in total. The fourth-order valence-corrected chi connectivity index (χ4v) is 4.33. The molecule has 3 aliphatic rings. The van der Waals surface area contributed by atoms with Crippen molar-refractivity contribution in [1.29, 1.82) is 0 Å². The second kappa shape index (κ2) is 8.22. The van der Waals surface area contributed by atoms with Crippen LogP contribution in [0.1, 0.15) is 18.5 Å². The van der Waals surface area contributed by atoms with Crippen LogP contribution in [0.5, 0.6) is 0 Å². The number of amidine groups is 1. The Kier molecular flexibility index (Phi) is 5.26. The number of aromatic nitrogens is 2. The number of carbonyl (C=O) groups is 1. The van der Waals surface area contributed by atoms with Gasteiger partial charge in [-0.3, -0.25) is 19.5 Å². The molecule has 1 atom stereocenters. The number of nitrogens with one attached hydrogen (secondary N) is 4. The fraction of sp³-hybridized carbons (Fsp3) is 0.286. The Labute approximate surface area is 184 Å². The Balaban J connectivity index is 1.31. The van der Waals surface area contributed by atoms with Gasteiger partial charge in [-0.05, 0) is 56.0 Å². The normalized spacial score (nSPS) is 20.0. The molecule has 1 aromatic heterocycles. The topological polar surface area (TPSA) is 110 Å². The lowest BCUT2D eigenvalue weighted by Gasteiger charge is -2.27. The zero-order valence-corrected chi connectivity index (χ0v) is 17.9. The third-order valence-corrected chi connectivity index (χ3v) is 6.14. The standard InChI is InChI=1S/C21H23N7O2S/c1-13-8-18(26-25-13)24-20-11-27(10-19-22-16(12-29)9-28(19)20)31-17-6-4-15(5-7-17)23-21(30)14-2-3-14/h4-9,11,14,29H,2-3,10,12H2,1H3,(H,23,30)(H2,24,25,26)/p+1. The van der Waals surface area contributed by atoms with Crippen molar-refractivity contribution in [3.8, 4) is 0 Å². The van der Waals surface area contributed by atoms with Crippen molar-refractivity contribution >= 4 is 35.2 Å². The molecule has 2 aromatic rings. The van der Waals surface area contributed by atoms with Crippen LogP contribution < -0.4 is 15.5 Å². The molecule has 10 heteroatoms. The van der Waals surface area contributed by atoms with Gasteiger partial charge in [0, 0.05) is 28.3 Å². The molecule has 2 aliphatic heterocycles. The molecule has 0 bridgehead atoms. The van der Waals surface area contributed by atoms with E-state index in [1.54, 1.807) is 11.9 Å². The zero-order valence-electron chi connectivity index (χ0n) is 17.1. The van der Waals surface area contributed by atoms with Crippen LogP contribution in [0.2, 0.25) is 0 Å². The summed E-state index contributed by atoms with van der Waals surface area (Å²) in [4.78, 5) is 18.5. The SMILES string of the molecule is Cc1cc(NC2=CN(Sc3ccc(NC(=O)C4CC4)cc3)CC3=NC(CO)=C[NH+]23)n[nH]1. The smallest absolute Gasteiger partial charge is 0.233 e. The number of hydrogen-bond donors (Lipinski definition) is 5. The Morgan fingerprint density at radius 2 is 2.16 bits per heavy atom. The Morgan fingerprint density at radius 1 is 1.35 bits per heavy atom. The predicted molar refractivity (Wildman–Crippen MR) is 119 cm³/mol. The molecular formula is C21H24N7O2S+. The number of aryl methyl sites for hydroxylation is 1. The summed E-state index contributed by atoms with van der Waals surface area (Å²) in [6, 6.07) is 9.79. The zero-order chi connectivity index (χ0) is 21.4. The molecule has 160 valence electrons. The predicted octanol–water partition coefficient (Wildman–Crippen LogP) is 1.43. The number of benzene rings is 1. The maximum absolute atomic E-state index is 11.9. The van der Waals surface area contributed by atoms with E-state index in [9.17, 15) is 9.90 Å². The van der Waals surface area contributed by atoms with Crippen molar-refractivity contribution in [1.82, 2.24) is 14.5 Å². The van der Waals surface area contributed by atoms with Crippen LogP contribution in [0, 0.1) is 12.8 Å². The number of aromatic amines is 1. The van der Waals surface area contributed by atoms with Crippen LogP contribution in [0.15, 0.2) is 64.1 Å². The van der Waals surface area contributed by atoms with E-state index in [0.29, 0.717) is 12.2 Å².